The number of benzene rings is 1. The molecule has 1 fully saturated rings. The van der Waals surface area contributed by atoms with Gasteiger partial charge in [0.15, 0.2) is 9.84 Å². The minimum Gasteiger partial charge on any atom is -0.325 e. The van der Waals surface area contributed by atoms with Gasteiger partial charge >= 0.3 is 0 Å². The summed E-state index contributed by atoms with van der Waals surface area (Å²) in [6.07, 6.45) is 2.18. The molecule has 1 aliphatic rings. The molecule has 0 aliphatic carbocycles. The number of rotatable bonds is 4. The molecule has 1 aromatic carbocycles. The Bertz CT molecular complexity index is 593. The Hall–Kier alpha value is -1.44. The van der Waals surface area contributed by atoms with E-state index in [0.717, 1.165) is 38.9 Å². The maximum atomic E-state index is 12.0. The number of anilines is 1. The molecule has 0 bridgehead atoms. The summed E-state index contributed by atoms with van der Waals surface area (Å²) in [5.41, 5.74) is 0.510. The van der Waals surface area contributed by atoms with E-state index in [1.54, 1.807) is 12.1 Å². The number of amides is 1. The third kappa shape index (κ3) is 5.11. The van der Waals surface area contributed by atoms with Crippen LogP contribution in [-0.4, -0.2) is 58.2 Å². The monoisotopic (exact) mass is 311 g/mol. The van der Waals surface area contributed by atoms with Crippen LogP contribution in [-0.2, 0) is 14.6 Å². The molecular formula is C14H21N3O3S. The van der Waals surface area contributed by atoms with Gasteiger partial charge in [0.2, 0.25) is 5.91 Å². The lowest BCUT2D eigenvalue weighted by molar-refractivity contribution is -0.117. The molecule has 1 heterocycles. The summed E-state index contributed by atoms with van der Waals surface area (Å²) in [7, 11) is -3.26. The van der Waals surface area contributed by atoms with Gasteiger partial charge in [0.05, 0.1) is 11.4 Å². The molecule has 1 amide bonds. The van der Waals surface area contributed by atoms with E-state index >= 15 is 0 Å². The molecule has 2 N–H and O–H groups in total. The topological polar surface area (TPSA) is 78.5 Å². The molecule has 6 nitrogen and oxygen atoms in total. The van der Waals surface area contributed by atoms with Crippen LogP contribution >= 0.6 is 0 Å². The zero-order chi connectivity index (χ0) is 15.3. The average Bonchev–Trinajstić information content (AvgIpc) is 2.66. The molecule has 2 rings (SSSR count). The van der Waals surface area contributed by atoms with Crippen molar-refractivity contribution in [1.29, 1.82) is 0 Å². The van der Waals surface area contributed by atoms with E-state index < -0.39 is 9.84 Å². The number of sulfone groups is 1. The Morgan fingerprint density at radius 2 is 2.14 bits per heavy atom. The van der Waals surface area contributed by atoms with Crippen LogP contribution in [0.3, 0.4) is 0 Å². The quantitative estimate of drug-likeness (QED) is 0.837. The first kappa shape index (κ1) is 15.9. The van der Waals surface area contributed by atoms with Gasteiger partial charge in [-0.25, -0.2) is 8.42 Å². The highest BCUT2D eigenvalue weighted by molar-refractivity contribution is 7.90. The number of hydrogen-bond donors (Lipinski definition) is 2. The summed E-state index contributed by atoms with van der Waals surface area (Å²) in [6, 6.07) is 6.32. The van der Waals surface area contributed by atoms with Crippen molar-refractivity contribution in [1.82, 2.24) is 10.2 Å². The maximum Gasteiger partial charge on any atom is 0.238 e. The van der Waals surface area contributed by atoms with E-state index in [1.807, 2.05) is 0 Å². The molecule has 0 atom stereocenters. The fourth-order valence-electron chi connectivity index (χ4n) is 2.27. The van der Waals surface area contributed by atoms with Gasteiger partial charge in [0.1, 0.15) is 0 Å². The van der Waals surface area contributed by atoms with Crippen LogP contribution in [0.15, 0.2) is 29.2 Å². The van der Waals surface area contributed by atoms with Crippen LogP contribution < -0.4 is 10.6 Å². The number of nitrogens with zero attached hydrogens (tertiary/aromatic N) is 1. The first-order chi connectivity index (χ1) is 9.95. The number of nitrogens with one attached hydrogen (secondary N) is 2. The molecule has 0 saturated carbocycles. The van der Waals surface area contributed by atoms with Gasteiger partial charge in [-0.2, -0.15) is 0 Å². The zero-order valence-electron chi connectivity index (χ0n) is 12.1. The first-order valence-corrected chi connectivity index (χ1v) is 8.87. The number of hydrogen-bond acceptors (Lipinski definition) is 5. The molecule has 0 radical (unpaired) electrons. The smallest absolute Gasteiger partial charge is 0.238 e. The average molecular weight is 311 g/mol. The second-order valence-electron chi connectivity index (χ2n) is 5.23. The van der Waals surface area contributed by atoms with E-state index in [1.165, 1.54) is 12.1 Å². The number of carbonyl (C=O) groups is 1. The van der Waals surface area contributed by atoms with Crippen LogP contribution in [0.4, 0.5) is 5.69 Å². The van der Waals surface area contributed by atoms with Gasteiger partial charge < -0.3 is 10.6 Å². The summed E-state index contributed by atoms with van der Waals surface area (Å²) >= 11 is 0. The minimum absolute atomic E-state index is 0.123. The molecular weight excluding hydrogens is 290 g/mol. The fourth-order valence-corrected chi connectivity index (χ4v) is 2.93. The minimum atomic E-state index is -3.26. The van der Waals surface area contributed by atoms with Crippen molar-refractivity contribution in [3.63, 3.8) is 0 Å². The van der Waals surface area contributed by atoms with E-state index in [0.29, 0.717) is 12.2 Å². The summed E-state index contributed by atoms with van der Waals surface area (Å²) in [4.78, 5) is 14.3. The van der Waals surface area contributed by atoms with Gasteiger partial charge in [-0.1, -0.05) is 6.07 Å². The Kier molecular flexibility index (Phi) is 5.33. The lowest BCUT2D eigenvalue weighted by Crippen LogP contribution is -2.35. The summed E-state index contributed by atoms with van der Waals surface area (Å²) in [5, 5.41) is 6.04. The molecule has 7 heteroatoms. The van der Waals surface area contributed by atoms with Crippen molar-refractivity contribution in [3.8, 4) is 0 Å². The molecule has 1 saturated heterocycles. The normalized spacial score (nSPS) is 17.2. The van der Waals surface area contributed by atoms with Crippen molar-refractivity contribution in [2.45, 2.75) is 11.3 Å². The van der Waals surface area contributed by atoms with Crippen molar-refractivity contribution in [2.75, 3.05) is 44.3 Å². The van der Waals surface area contributed by atoms with Gasteiger partial charge in [0.25, 0.3) is 0 Å². The van der Waals surface area contributed by atoms with E-state index in [4.69, 9.17) is 0 Å². The lowest BCUT2D eigenvalue weighted by atomic mass is 10.3. The van der Waals surface area contributed by atoms with Crippen molar-refractivity contribution >= 4 is 21.4 Å². The fraction of sp³-hybridized carbons (Fsp3) is 0.500. The summed E-state index contributed by atoms with van der Waals surface area (Å²) in [6.45, 7) is 3.93. The summed E-state index contributed by atoms with van der Waals surface area (Å²) in [5.74, 6) is -0.123. The third-order valence-corrected chi connectivity index (χ3v) is 4.46. The SMILES string of the molecule is CS(=O)(=O)c1cccc(NC(=O)CN2CCCNCC2)c1. The zero-order valence-corrected chi connectivity index (χ0v) is 12.9. The highest BCUT2D eigenvalue weighted by atomic mass is 32.2. The predicted octanol–water partition coefficient (Wildman–Crippen LogP) is 0.324. The van der Waals surface area contributed by atoms with Crippen molar-refractivity contribution < 1.29 is 13.2 Å². The Morgan fingerprint density at radius 1 is 1.33 bits per heavy atom. The van der Waals surface area contributed by atoms with E-state index in [9.17, 15) is 13.2 Å². The molecule has 0 aromatic heterocycles. The van der Waals surface area contributed by atoms with Crippen LogP contribution in [0.2, 0.25) is 0 Å². The Morgan fingerprint density at radius 3 is 2.90 bits per heavy atom. The van der Waals surface area contributed by atoms with Gasteiger partial charge in [-0.15, -0.1) is 0 Å². The lowest BCUT2D eigenvalue weighted by Gasteiger charge is -2.18. The standard InChI is InChI=1S/C14H21N3O3S/c1-21(19,20)13-5-2-4-12(10-13)16-14(18)11-17-8-3-6-15-7-9-17/h2,4-5,10,15H,3,6-9,11H2,1H3,(H,16,18). The van der Waals surface area contributed by atoms with Gasteiger partial charge in [0, 0.05) is 25.0 Å². The molecule has 0 unspecified atom stereocenters. The maximum absolute atomic E-state index is 12.0. The molecule has 1 aliphatic heterocycles. The highest BCUT2D eigenvalue weighted by Gasteiger charge is 2.13. The first-order valence-electron chi connectivity index (χ1n) is 6.98. The van der Waals surface area contributed by atoms with Crippen LogP contribution in [0.25, 0.3) is 0 Å². The van der Waals surface area contributed by atoms with Crippen LogP contribution in [0.1, 0.15) is 6.42 Å². The van der Waals surface area contributed by atoms with Gasteiger partial charge in [-0.05, 0) is 37.7 Å². The van der Waals surface area contributed by atoms with E-state index in [-0.39, 0.29) is 10.8 Å². The summed E-state index contributed by atoms with van der Waals surface area (Å²) < 4.78 is 23.0. The second-order valence-corrected chi connectivity index (χ2v) is 7.24. The molecule has 1 aromatic rings. The largest absolute Gasteiger partial charge is 0.325 e. The molecule has 21 heavy (non-hydrogen) atoms. The molecule has 116 valence electrons. The predicted molar refractivity (Wildman–Crippen MR) is 82.1 cm³/mol. The Labute approximate surface area is 125 Å². The van der Waals surface area contributed by atoms with Gasteiger partial charge in [-0.3, -0.25) is 9.69 Å². The van der Waals surface area contributed by atoms with Crippen LogP contribution in [0, 0.1) is 0 Å². The Balaban J connectivity index is 1.96. The van der Waals surface area contributed by atoms with Crippen molar-refractivity contribution in [2.24, 2.45) is 0 Å². The van der Waals surface area contributed by atoms with Crippen LogP contribution in [0.5, 0.6) is 0 Å². The molecule has 0 spiro atoms. The van der Waals surface area contributed by atoms with Crippen molar-refractivity contribution in [3.05, 3.63) is 24.3 Å². The third-order valence-electron chi connectivity index (χ3n) is 3.35. The highest BCUT2D eigenvalue weighted by Crippen LogP contribution is 2.15. The second kappa shape index (κ2) is 7.02. The number of carbonyl (C=O) groups excluding carboxylic acids is 1. The van der Waals surface area contributed by atoms with E-state index in [2.05, 4.69) is 15.5 Å².